The van der Waals surface area contributed by atoms with Crippen LogP contribution in [0.25, 0.3) is 11.0 Å². The van der Waals surface area contributed by atoms with Crippen LogP contribution in [-0.2, 0) is 4.74 Å². The number of fused-ring (bicyclic) bond motifs is 1. The van der Waals surface area contributed by atoms with Crippen molar-refractivity contribution in [3.63, 3.8) is 0 Å². The van der Waals surface area contributed by atoms with Gasteiger partial charge < -0.3 is 15.4 Å². The van der Waals surface area contributed by atoms with Crippen molar-refractivity contribution in [2.75, 3.05) is 25.6 Å². The molecule has 2 amide bonds. The zero-order chi connectivity index (χ0) is 12.8. The maximum Gasteiger partial charge on any atom is 0.319 e. The van der Waals surface area contributed by atoms with E-state index in [1.54, 1.807) is 31.6 Å². The first kappa shape index (κ1) is 12.3. The number of ether oxygens (including phenoxy) is 1. The van der Waals surface area contributed by atoms with Crippen molar-refractivity contribution >= 4 is 22.8 Å². The second kappa shape index (κ2) is 5.92. The summed E-state index contributed by atoms with van der Waals surface area (Å²) < 4.78 is 4.84. The van der Waals surface area contributed by atoms with E-state index >= 15 is 0 Å². The maximum absolute atomic E-state index is 11.5. The van der Waals surface area contributed by atoms with Crippen LogP contribution in [0.2, 0.25) is 0 Å². The first-order valence-corrected chi connectivity index (χ1v) is 5.54. The molecule has 2 N–H and O–H groups in total. The second-order valence-corrected chi connectivity index (χ2v) is 3.63. The highest BCUT2D eigenvalue weighted by Crippen LogP contribution is 2.14. The Morgan fingerprint density at radius 2 is 2.06 bits per heavy atom. The Morgan fingerprint density at radius 1 is 1.28 bits per heavy atom. The predicted molar refractivity (Wildman–Crippen MR) is 68.4 cm³/mol. The number of aromatic nitrogens is 2. The molecule has 6 nitrogen and oxygen atoms in total. The van der Waals surface area contributed by atoms with Crippen LogP contribution in [0.4, 0.5) is 10.5 Å². The molecule has 2 rings (SSSR count). The average molecular weight is 246 g/mol. The number of nitrogens with zero attached hydrogens (tertiary/aromatic N) is 2. The molecule has 0 saturated carbocycles. The fourth-order valence-electron chi connectivity index (χ4n) is 1.48. The molecule has 0 spiro atoms. The molecule has 0 unspecified atom stereocenters. The molecule has 1 heterocycles. The number of nitrogens with one attached hydrogen (secondary N) is 2. The quantitative estimate of drug-likeness (QED) is 0.799. The number of carbonyl (C=O) groups is 1. The van der Waals surface area contributed by atoms with Gasteiger partial charge in [0.25, 0.3) is 0 Å². The van der Waals surface area contributed by atoms with E-state index in [0.29, 0.717) is 18.8 Å². The SMILES string of the molecule is COCCNC(=O)Nc1ccc2nccnc2c1. The van der Waals surface area contributed by atoms with Crippen molar-refractivity contribution in [1.82, 2.24) is 15.3 Å². The molecule has 0 saturated heterocycles. The Morgan fingerprint density at radius 3 is 2.83 bits per heavy atom. The summed E-state index contributed by atoms with van der Waals surface area (Å²) in [4.78, 5) is 19.8. The molecule has 18 heavy (non-hydrogen) atoms. The highest BCUT2D eigenvalue weighted by Gasteiger charge is 2.02. The summed E-state index contributed by atoms with van der Waals surface area (Å²) in [6, 6.07) is 5.11. The largest absolute Gasteiger partial charge is 0.383 e. The molecule has 1 aromatic heterocycles. The molecule has 0 atom stereocenters. The van der Waals surface area contributed by atoms with Crippen LogP contribution in [0, 0.1) is 0 Å². The summed E-state index contributed by atoms with van der Waals surface area (Å²) in [6.07, 6.45) is 3.25. The fourth-order valence-corrected chi connectivity index (χ4v) is 1.48. The van der Waals surface area contributed by atoms with E-state index < -0.39 is 0 Å². The third kappa shape index (κ3) is 3.14. The number of methoxy groups -OCH3 is 1. The van der Waals surface area contributed by atoms with E-state index in [0.717, 1.165) is 11.0 Å². The molecule has 0 radical (unpaired) electrons. The lowest BCUT2D eigenvalue weighted by molar-refractivity contribution is 0.198. The molecule has 0 fully saturated rings. The number of amides is 2. The van der Waals surface area contributed by atoms with Crippen LogP contribution >= 0.6 is 0 Å². The molecule has 94 valence electrons. The zero-order valence-corrected chi connectivity index (χ0v) is 10.0. The van der Waals surface area contributed by atoms with Gasteiger partial charge in [0.2, 0.25) is 0 Å². The lowest BCUT2D eigenvalue weighted by atomic mass is 10.2. The molecule has 1 aromatic carbocycles. The Hall–Kier alpha value is -2.21. The molecular weight excluding hydrogens is 232 g/mol. The molecule has 0 aliphatic carbocycles. The highest BCUT2D eigenvalue weighted by atomic mass is 16.5. The summed E-state index contributed by atoms with van der Waals surface area (Å²) in [5.74, 6) is 0. The van der Waals surface area contributed by atoms with Gasteiger partial charge in [0.05, 0.1) is 17.6 Å². The molecule has 2 aromatic rings. The number of rotatable bonds is 4. The van der Waals surface area contributed by atoms with Crippen molar-refractivity contribution in [3.8, 4) is 0 Å². The van der Waals surface area contributed by atoms with Crippen molar-refractivity contribution in [2.45, 2.75) is 0 Å². The minimum absolute atomic E-state index is 0.268. The number of anilines is 1. The number of benzene rings is 1. The fraction of sp³-hybridized carbons (Fsp3) is 0.250. The molecular formula is C12H14N4O2. The van der Waals surface area contributed by atoms with Crippen LogP contribution < -0.4 is 10.6 Å². The second-order valence-electron chi connectivity index (χ2n) is 3.63. The average Bonchev–Trinajstić information content (AvgIpc) is 2.39. The molecule has 0 aliphatic rings. The Bertz CT molecular complexity index is 544. The summed E-state index contributed by atoms with van der Waals surface area (Å²) in [5, 5.41) is 5.39. The van der Waals surface area contributed by atoms with Crippen molar-refractivity contribution in [1.29, 1.82) is 0 Å². The normalized spacial score (nSPS) is 10.3. The van der Waals surface area contributed by atoms with Gasteiger partial charge in [-0.2, -0.15) is 0 Å². The van der Waals surface area contributed by atoms with Crippen LogP contribution in [0.5, 0.6) is 0 Å². The topological polar surface area (TPSA) is 76.1 Å². The monoisotopic (exact) mass is 246 g/mol. The summed E-state index contributed by atoms with van der Waals surface area (Å²) in [5.41, 5.74) is 2.22. The van der Waals surface area contributed by atoms with Crippen LogP contribution in [0.1, 0.15) is 0 Å². The van der Waals surface area contributed by atoms with E-state index in [-0.39, 0.29) is 6.03 Å². The number of urea groups is 1. The predicted octanol–water partition coefficient (Wildman–Crippen LogP) is 1.40. The summed E-state index contributed by atoms with van der Waals surface area (Å²) >= 11 is 0. The molecule has 6 heteroatoms. The Balaban J connectivity index is 2.01. The first-order valence-electron chi connectivity index (χ1n) is 5.54. The van der Waals surface area contributed by atoms with Crippen LogP contribution in [-0.4, -0.2) is 36.3 Å². The van der Waals surface area contributed by atoms with Gasteiger partial charge in [-0.3, -0.25) is 9.97 Å². The van der Waals surface area contributed by atoms with Gasteiger partial charge >= 0.3 is 6.03 Å². The van der Waals surface area contributed by atoms with Crippen LogP contribution in [0.15, 0.2) is 30.6 Å². The van der Waals surface area contributed by atoms with Crippen molar-refractivity contribution in [3.05, 3.63) is 30.6 Å². The Kier molecular flexibility index (Phi) is 4.03. The van der Waals surface area contributed by atoms with Crippen molar-refractivity contribution in [2.24, 2.45) is 0 Å². The Labute approximate surface area is 104 Å². The lowest BCUT2D eigenvalue weighted by Crippen LogP contribution is -2.31. The lowest BCUT2D eigenvalue weighted by Gasteiger charge is -2.07. The van der Waals surface area contributed by atoms with Gasteiger partial charge in [-0.25, -0.2) is 4.79 Å². The third-order valence-corrected chi connectivity index (χ3v) is 2.32. The summed E-state index contributed by atoms with van der Waals surface area (Å²) in [7, 11) is 1.58. The zero-order valence-electron chi connectivity index (χ0n) is 10.0. The minimum atomic E-state index is -0.268. The number of carbonyl (C=O) groups excluding carboxylic acids is 1. The molecule has 0 bridgehead atoms. The molecule has 0 aliphatic heterocycles. The van der Waals surface area contributed by atoms with E-state index in [9.17, 15) is 4.79 Å². The number of hydrogen-bond donors (Lipinski definition) is 2. The third-order valence-electron chi connectivity index (χ3n) is 2.32. The van der Waals surface area contributed by atoms with Crippen LogP contribution in [0.3, 0.4) is 0 Å². The van der Waals surface area contributed by atoms with Gasteiger partial charge in [-0.1, -0.05) is 0 Å². The maximum atomic E-state index is 11.5. The van der Waals surface area contributed by atoms with Gasteiger partial charge in [-0.05, 0) is 18.2 Å². The van der Waals surface area contributed by atoms with E-state index in [4.69, 9.17) is 4.74 Å². The van der Waals surface area contributed by atoms with E-state index in [2.05, 4.69) is 20.6 Å². The van der Waals surface area contributed by atoms with Gasteiger partial charge in [0.1, 0.15) is 0 Å². The van der Waals surface area contributed by atoms with E-state index in [1.165, 1.54) is 0 Å². The van der Waals surface area contributed by atoms with Gasteiger partial charge in [-0.15, -0.1) is 0 Å². The number of hydrogen-bond acceptors (Lipinski definition) is 4. The smallest absolute Gasteiger partial charge is 0.319 e. The standard InChI is InChI=1S/C12H14N4O2/c1-18-7-6-15-12(17)16-9-2-3-10-11(8-9)14-5-4-13-10/h2-5,8H,6-7H2,1H3,(H2,15,16,17). The van der Waals surface area contributed by atoms with Gasteiger partial charge in [0, 0.05) is 31.7 Å². The van der Waals surface area contributed by atoms with Gasteiger partial charge in [0.15, 0.2) is 0 Å². The first-order chi connectivity index (χ1) is 8.79. The highest BCUT2D eigenvalue weighted by molar-refractivity contribution is 5.91. The van der Waals surface area contributed by atoms with Crippen molar-refractivity contribution < 1.29 is 9.53 Å². The minimum Gasteiger partial charge on any atom is -0.383 e. The summed E-state index contributed by atoms with van der Waals surface area (Å²) in [6.45, 7) is 0.951. The van der Waals surface area contributed by atoms with E-state index in [1.807, 2.05) is 6.07 Å².